The zero-order valence-corrected chi connectivity index (χ0v) is 20.6. The van der Waals surface area contributed by atoms with Gasteiger partial charge in [0.2, 0.25) is 0 Å². The average molecular weight is 524 g/mol. The molecule has 0 saturated heterocycles. The molecule has 1 aliphatic heterocycles. The van der Waals surface area contributed by atoms with Gasteiger partial charge in [-0.3, -0.25) is 14.2 Å². The second-order valence-electron chi connectivity index (χ2n) is 8.83. The van der Waals surface area contributed by atoms with Crippen molar-refractivity contribution in [3.8, 4) is 16.9 Å². The van der Waals surface area contributed by atoms with E-state index in [1.54, 1.807) is 37.3 Å². The van der Waals surface area contributed by atoms with E-state index in [-0.39, 0.29) is 47.1 Å². The predicted molar refractivity (Wildman–Crippen MR) is 134 cm³/mol. The molecule has 1 aliphatic rings. The number of nitrogens with one attached hydrogen (secondary N) is 1. The van der Waals surface area contributed by atoms with Crippen LogP contribution in [0.3, 0.4) is 0 Å². The molecule has 10 heteroatoms. The number of fused-ring (bicyclic) bond motifs is 1. The van der Waals surface area contributed by atoms with E-state index in [0.717, 1.165) is 23.8 Å². The van der Waals surface area contributed by atoms with Crippen molar-refractivity contribution in [3.63, 3.8) is 0 Å². The van der Waals surface area contributed by atoms with Crippen molar-refractivity contribution in [2.24, 2.45) is 0 Å². The van der Waals surface area contributed by atoms with Crippen LogP contribution in [0.2, 0.25) is 0 Å². The first-order valence-electron chi connectivity index (χ1n) is 11.6. The third kappa shape index (κ3) is 4.97. The van der Waals surface area contributed by atoms with Crippen molar-refractivity contribution in [2.45, 2.75) is 30.8 Å². The van der Waals surface area contributed by atoms with Crippen LogP contribution in [0.4, 0.5) is 14.5 Å². The number of anilines is 1. The molecule has 0 aliphatic carbocycles. The number of aryl methyl sites for hydroxylation is 1. The Hall–Kier alpha value is -4.05. The number of carbonyl (C=O) groups excluding carboxylic acids is 1. The number of Topliss-reactive ketones (excluding diaryl/α,β-unsaturated/α-hetero) is 1. The van der Waals surface area contributed by atoms with E-state index >= 15 is 0 Å². The number of benzene rings is 3. The zero-order chi connectivity index (χ0) is 26.2. The van der Waals surface area contributed by atoms with Gasteiger partial charge in [0.05, 0.1) is 17.1 Å². The van der Waals surface area contributed by atoms with Gasteiger partial charge in [-0.15, -0.1) is 0 Å². The fourth-order valence-corrected chi connectivity index (χ4v) is 5.92. The van der Waals surface area contributed by atoms with Gasteiger partial charge in [0.25, 0.3) is 10.0 Å². The molecule has 1 aromatic heterocycles. The summed E-state index contributed by atoms with van der Waals surface area (Å²) in [6, 6.07) is 15.8. The quantitative estimate of drug-likeness (QED) is 0.333. The minimum atomic E-state index is -4.05. The number of hydrogen-bond acceptors (Lipinski definition) is 5. The van der Waals surface area contributed by atoms with E-state index in [4.69, 9.17) is 4.74 Å². The lowest BCUT2D eigenvalue weighted by Gasteiger charge is -2.36. The summed E-state index contributed by atoms with van der Waals surface area (Å²) in [6.07, 6.45) is 1.25. The maximum atomic E-state index is 14.5. The van der Waals surface area contributed by atoms with Crippen LogP contribution < -0.4 is 9.04 Å². The smallest absolute Gasteiger partial charge is 0.264 e. The van der Waals surface area contributed by atoms with Gasteiger partial charge < -0.3 is 4.74 Å². The Morgan fingerprint density at radius 2 is 1.95 bits per heavy atom. The molecule has 1 atom stereocenters. The number of carbonyl (C=O) groups is 1. The normalized spacial score (nSPS) is 15.2. The fourth-order valence-electron chi connectivity index (χ4n) is 4.32. The third-order valence-corrected chi connectivity index (χ3v) is 7.98. The van der Waals surface area contributed by atoms with Crippen molar-refractivity contribution >= 4 is 21.5 Å². The number of nitrogens with zero attached hydrogens (tertiary/aromatic N) is 2. The molecule has 0 radical (unpaired) electrons. The predicted octanol–water partition coefficient (Wildman–Crippen LogP) is 5.28. The fraction of sp³-hybridized carbons (Fsp3) is 0.185. The third-order valence-electron chi connectivity index (χ3n) is 6.20. The summed E-state index contributed by atoms with van der Waals surface area (Å²) in [4.78, 5) is 12.6. The summed E-state index contributed by atoms with van der Waals surface area (Å²) < 4.78 is 63.3. The van der Waals surface area contributed by atoms with E-state index < -0.39 is 27.8 Å². The molecule has 7 nitrogen and oxygen atoms in total. The van der Waals surface area contributed by atoms with E-state index in [1.807, 2.05) is 0 Å². The molecule has 0 bridgehead atoms. The van der Waals surface area contributed by atoms with Crippen LogP contribution in [0, 0.1) is 18.6 Å². The van der Waals surface area contributed by atoms with Gasteiger partial charge >= 0.3 is 0 Å². The number of aromatic amines is 1. The van der Waals surface area contributed by atoms with Gasteiger partial charge in [-0.05, 0) is 73.0 Å². The average Bonchev–Trinajstić information content (AvgIpc) is 3.43. The minimum Gasteiger partial charge on any atom is -0.486 e. The monoisotopic (exact) mass is 523 g/mol. The molecule has 1 N–H and O–H groups in total. The van der Waals surface area contributed by atoms with Crippen LogP contribution >= 0.6 is 0 Å². The van der Waals surface area contributed by atoms with Gasteiger partial charge in [0.15, 0.2) is 5.78 Å². The molecule has 0 fully saturated rings. The molecule has 0 saturated carbocycles. The van der Waals surface area contributed by atoms with Crippen LogP contribution in [0.15, 0.2) is 77.8 Å². The summed E-state index contributed by atoms with van der Waals surface area (Å²) in [7, 11) is -4.05. The Balaban J connectivity index is 1.53. The number of aromatic nitrogens is 2. The van der Waals surface area contributed by atoms with Crippen LogP contribution in [0.1, 0.15) is 28.9 Å². The summed E-state index contributed by atoms with van der Waals surface area (Å²) in [5, 5.41) is 6.41. The van der Waals surface area contributed by atoms with Gasteiger partial charge in [-0.2, -0.15) is 5.10 Å². The second-order valence-corrected chi connectivity index (χ2v) is 10.7. The minimum absolute atomic E-state index is 0.00276. The molecule has 2 heterocycles. The lowest BCUT2D eigenvalue weighted by Crippen LogP contribution is -2.43. The van der Waals surface area contributed by atoms with Crippen molar-refractivity contribution in [1.29, 1.82) is 0 Å². The van der Waals surface area contributed by atoms with Crippen molar-refractivity contribution in [2.75, 3.05) is 10.8 Å². The lowest BCUT2D eigenvalue weighted by atomic mass is 10.0. The Morgan fingerprint density at radius 1 is 1.11 bits per heavy atom. The lowest BCUT2D eigenvalue weighted by molar-refractivity contribution is 0.0948. The first kappa shape index (κ1) is 24.6. The molecule has 3 aromatic carbocycles. The molecule has 5 rings (SSSR count). The van der Waals surface area contributed by atoms with E-state index in [9.17, 15) is 22.0 Å². The van der Waals surface area contributed by atoms with Crippen LogP contribution in [-0.2, 0) is 10.0 Å². The highest BCUT2D eigenvalue weighted by molar-refractivity contribution is 7.92. The largest absolute Gasteiger partial charge is 0.486 e. The summed E-state index contributed by atoms with van der Waals surface area (Å²) >= 11 is 0. The molecule has 0 amide bonds. The van der Waals surface area contributed by atoms with E-state index in [1.165, 1.54) is 28.7 Å². The van der Waals surface area contributed by atoms with Gasteiger partial charge in [-0.25, -0.2) is 17.2 Å². The van der Waals surface area contributed by atoms with E-state index in [2.05, 4.69) is 10.2 Å². The summed E-state index contributed by atoms with van der Waals surface area (Å²) in [5.74, 6) is -1.16. The SMILES string of the molecule is Cc1cccc(S(=O)(=O)N2C[C@H](CCC(=O)c3ccn[nH]3)Oc3ccc(-c4cc(F)ccc4F)cc32)c1. The number of rotatable bonds is 7. The Kier molecular flexibility index (Phi) is 6.51. The first-order chi connectivity index (χ1) is 17.7. The van der Waals surface area contributed by atoms with Gasteiger partial charge in [0.1, 0.15) is 29.2 Å². The van der Waals surface area contributed by atoms with Gasteiger partial charge in [-0.1, -0.05) is 18.2 Å². The van der Waals surface area contributed by atoms with Crippen LogP contribution in [-0.4, -0.2) is 37.0 Å². The molecule has 0 unspecified atom stereocenters. The van der Waals surface area contributed by atoms with Gasteiger partial charge in [0, 0.05) is 18.2 Å². The van der Waals surface area contributed by atoms with Crippen LogP contribution in [0.25, 0.3) is 11.1 Å². The maximum absolute atomic E-state index is 14.5. The maximum Gasteiger partial charge on any atom is 0.264 e. The molecule has 0 spiro atoms. The molecule has 4 aromatic rings. The van der Waals surface area contributed by atoms with E-state index in [0.29, 0.717) is 11.3 Å². The first-order valence-corrected chi connectivity index (χ1v) is 13.0. The molecular formula is C27H23F2N3O4S. The standard InChI is InChI=1S/C27H23F2N3O4S/c1-17-3-2-4-21(13-17)37(34,35)32-16-20(7-9-26(33)24-11-12-30-31-24)36-27-10-5-18(14-25(27)32)22-15-19(28)6-8-23(22)29/h2-6,8,10-15,20H,7,9,16H2,1H3,(H,30,31)/t20-/m0/s1. The summed E-state index contributed by atoms with van der Waals surface area (Å²) in [6.45, 7) is 1.73. The number of ketones is 1. The Morgan fingerprint density at radius 3 is 2.70 bits per heavy atom. The number of hydrogen-bond donors (Lipinski definition) is 1. The molecular weight excluding hydrogens is 500 g/mol. The highest BCUT2D eigenvalue weighted by Gasteiger charge is 2.35. The van der Waals surface area contributed by atoms with Crippen molar-refractivity contribution in [1.82, 2.24) is 10.2 Å². The molecule has 190 valence electrons. The van der Waals surface area contributed by atoms with Crippen molar-refractivity contribution in [3.05, 3.63) is 95.8 Å². The number of H-pyrrole nitrogens is 1. The highest BCUT2D eigenvalue weighted by atomic mass is 32.2. The molecule has 37 heavy (non-hydrogen) atoms. The highest BCUT2D eigenvalue weighted by Crippen LogP contribution is 2.41. The Bertz CT molecular complexity index is 1570. The van der Waals surface area contributed by atoms with Crippen LogP contribution in [0.5, 0.6) is 5.75 Å². The number of ether oxygens (including phenoxy) is 1. The Labute approximate surface area is 212 Å². The zero-order valence-electron chi connectivity index (χ0n) is 19.8. The summed E-state index contributed by atoms with van der Waals surface area (Å²) in [5.41, 5.74) is 1.65. The number of halogens is 2. The number of sulfonamides is 1. The van der Waals surface area contributed by atoms with Crippen molar-refractivity contribution < 1.29 is 26.7 Å². The second kappa shape index (κ2) is 9.78. The topological polar surface area (TPSA) is 92.4 Å².